The first-order valence-corrected chi connectivity index (χ1v) is 9.38. The molecule has 0 radical (unpaired) electrons. The second-order valence-corrected chi connectivity index (χ2v) is 6.75. The van der Waals surface area contributed by atoms with Crippen LogP contribution in [-0.2, 0) is 5.75 Å². The molecule has 0 aliphatic carbocycles. The van der Waals surface area contributed by atoms with E-state index in [0.29, 0.717) is 34.0 Å². The number of non-ortho nitro benzene ring substituents is 1. The van der Waals surface area contributed by atoms with E-state index in [4.69, 9.17) is 9.26 Å². The van der Waals surface area contributed by atoms with Crippen LogP contribution in [0.25, 0.3) is 22.8 Å². The molecular formula is C18H14N6O4S. The Hall–Kier alpha value is -3.73. The highest BCUT2D eigenvalue weighted by molar-refractivity contribution is 7.98. The minimum atomic E-state index is -0.468. The van der Waals surface area contributed by atoms with Crippen LogP contribution in [0.5, 0.6) is 5.75 Å². The van der Waals surface area contributed by atoms with Crippen molar-refractivity contribution in [2.24, 2.45) is 0 Å². The van der Waals surface area contributed by atoms with Crippen LogP contribution in [0.4, 0.5) is 5.69 Å². The molecule has 4 aromatic rings. The number of aromatic nitrogens is 5. The summed E-state index contributed by atoms with van der Waals surface area (Å²) in [4.78, 5) is 19.1. The molecule has 2 heterocycles. The Morgan fingerprint density at radius 2 is 2.00 bits per heavy atom. The number of nitrogens with one attached hydrogen (secondary N) is 1. The maximum absolute atomic E-state index is 10.9. The van der Waals surface area contributed by atoms with Crippen LogP contribution in [0, 0.1) is 10.1 Å². The van der Waals surface area contributed by atoms with E-state index in [-0.39, 0.29) is 5.69 Å². The SMILES string of the molecule is COc1ccc(-c2nc(SCc3nc(-c4cccc([N+](=O)[O-])c4)no3)n[nH]2)cc1. The van der Waals surface area contributed by atoms with Crippen LogP contribution < -0.4 is 4.74 Å². The Morgan fingerprint density at radius 3 is 2.76 bits per heavy atom. The standard InChI is InChI=1S/C18H14N6O4S/c1-27-14-7-5-11(6-8-14)16-20-18(22-21-16)29-10-15-19-17(23-28-15)12-3-2-4-13(9-12)24(25)26/h2-9H,10H2,1H3,(H,20,21,22). The zero-order valence-electron chi connectivity index (χ0n) is 15.1. The lowest BCUT2D eigenvalue weighted by Gasteiger charge is -1.99. The summed E-state index contributed by atoms with van der Waals surface area (Å²) in [5.74, 6) is 2.42. The molecule has 146 valence electrons. The molecule has 2 aromatic carbocycles. The third-order valence-corrected chi connectivity index (χ3v) is 4.77. The lowest BCUT2D eigenvalue weighted by molar-refractivity contribution is -0.384. The quantitative estimate of drug-likeness (QED) is 0.275. The highest BCUT2D eigenvalue weighted by atomic mass is 32.2. The van der Waals surface area contributed by atoms with Gasteiger partial charge in [0.1, 0.15) is 5.75 Å². The van der Waals surface area contributed by atoms with Gasteiger partial charge in [-0.1, -0.05) is 29.1 Å². The average molecular weight is 410 g/mol. The van der Waals surface area contributed by atoms with Crippen LogP contribution in [0.1, 0.15) is 5.89 Å². The normalized spacial score (nSPS) is 10.8. The summed E-state index contributed by atoms with van der Waals surface area (Å²) in [5.41, 5.74) is 1.37. The molecule has 0 saturated heterocycles. The van der Waals surface area contributed by atoms with Crippen molar-refractivity contribution in [1.29, 1.82) is 0 Å². The average Bonchev–Trinajstić information content (AvgIpc) is 3.42. The Balaban J connectivity index is 1.42. The number of hydrogen-bond donors (Lipinski definition) is 1. The first-order chi connectivity index (χ1) is 14.1. The zero-order valence-corrected chi connectivity index (χ0v) is 15.9. The third-order valence-electron chi connectivity index (χ3n) is 3.94. The van der Waals surface area contributed by atoms with Crippen LogP contribution in [-0.4, -0.2) is 37.4 Å². The molecule has 4 rings (SSSR count). The van der Waals surface area contributed by atoms with Crippen molar-refractivity contribution in [2.45, 2.75) is 10.9 Å². The number of ether oxygens (including phenoxy) is 1. The third kappa shape index (κ3) is 4.24. The highest BCUT2D eigenvalue weighted by Gasteiger charge is 2.14. The Morgan fingerprint density at radius 1 is 1.17 bits per heavy atom. The van der Waals surface area contributed by atoms with Gasteiger partial charge >= 0.3 is 0 Å². The van der Waals surface area contributed by atoms with Gasteiger partial charge in [0.05, 0.1) is 17.8 Å². The van der Waals surface area contributed by atoms with Gasteiger partial charge in [0.25, 0.3) is 5.69 Å². The fourth-order valence-corrected chi connectivity index (χ4v) is 3.14. The summed E-state index contributed by atoms with van der Waals surface area (Å²) < 4.78 is 10.4. The number of hydrogen-bond acceptors (Lipinski definition) is 9. The fourth-order valence-electron chi connectivity index (χ4n) is 2.50. The van der Waals surface area contributed by atoms with Crippen molar-refractivity contribution >= 4 is 17.4 Å². The molecule has 29 heavy (non-hydrogen) atoms. The van der Waals surface area contributed by atoms with Crippen LogP contribution >= 0.6 is 11.8 Å². The molecule has 1 N–H and O–H groups in total. The molecular weight excluding hydrogens is 396 g/mol. The van der Waals surface area contributed by atoms with E-state index in [1.165, 1.54) is 23.9 Å². The number of aromatic amines is 1. The van der Waals surface area contributed by atoms with Gasteiger partial charge in [-0.05, 0) is 24.3 Å². The molecule has 0 unspecified atom stereocenters. The van der Waals surface area contributed by atoms with Crippen molar-refractivity contribution in [3.8, 4) is 28.5 Å². The second kappa shape index (κ2) is 8.10. The van der Waals surface area contributed by atoms with E-state index in [1.54, 1.807) is 19.2 Å². The van der Waals surface area contributed by atoms with Gasteiger partial charge in [0.2, 0.25) is 16.9 Å². The molecule has 0 amide bonds. The van der Waals surface area contributed by atoms with Crippen molar-refractivity contribution < 1.29 is 14.2 Å². The largest absolute Gasteiger partial charge is 0.497 e. The van der Waals surface area contributed by atoms with E-state index < -0.39 is 4.92 Å². The molecule has 0 aliphatic heterocycles. The number of nitro benzene ring substituents is 1. The summed E-state index contributed by atoms with van der Waals surface area (Å²) in [5, 5.41) is 22.4. The summed E-state index contributed by atoms with van der Waals surface area (Å²) in [7, 11) is 1.61. The van der Waals surface area contributed by atoms with E-state index in [2.05, 4.69) is 25.3 Å². The number of nitrogens with zero attached hydrogens (tertiary/aromatic N) is 5. The first kappa shape index (κ1) is 18.6. The summed E-state index contributed by atoms with van der Waals surface area (Å²) >= 11 is 1.33. The van der Waals surface area contributed by atoms with Gasteiger partial charge in [-0.25, -0.2) is 4.98 Å². The number of benzene rings is 2. The number of nitro groups is 1. The van der Waals surface area contributed by atoms with Crippen LogP contribution in [0.2, 0.25) is 0 Å². The maximum atomic E-state index is 10.9. The van der Waals surface area contributed by atoms with E-state index in [1.807, 2.05) is 24.3 Å². The summed E-state index contributed by atoms with van der Waals surface area (Å²) in [6.45, 7) is 0. The van der Waals surface area contributed by atoms with Crippen LogP contribution in [0.15, 0.2) is 58.2 Å². The lowest BCUT2D eigenvalue weighted by Crippen LogP contribution is -1.89. The minimum Gasteiger partial charge on any atom is -0.497 e. The summed E-state index contributed by atoms with van der Waals surface area (Å²) in [6.07, 6.45) is 0. The minimum absolute atomic E-state index is 0.0324. The number of H-pyrrole nitrogens is 1. The Bertz CT molecular complexity index is 1140. The molecule has 0 saturated carbocycles. The maximum Gasteiger partial charge on any atom is 0.270 e. The van der Waals surface area contributed by atoms with Gasteiger partial charge in [0.15, 0.2) is 5.82 Å². The predicted octanol–water partition coefficient (Wildman–Crippen LogP) is 3.73. The Kier molecular flexibility index (Phi) is 5.20. The van der Waals surface area contributed by atoms with E-state index in [9.17, 15) is 10.1 Å². The van der Waals surface area contributed by atoms with Crippen LogP contribution in [0.3, 0.4) is 0 Å². The van der Waals surface area contributed by atoms with Crippen molar-refractivity contribution in [1.82, 2.24) is 25.3 Å². The number of methoxy groups -OCH3 is 1. The molecule has 0 fully saturated rings. The second-order valence-electron chi connectivity index (χ2n) is 5.80. The Labute approximate surface area is 168 Å². The topological polar surface area (TPSA) is 133 Å². The number of rotatable bonds is 7. The van der Waals surface area contributed by atoms with Gasteiger partial charge in [-0.3, -0.25) is 15.2 Å². The lowest BCUT2D eigenvalue weighted by atomic mass is 10.2. The van der Waals surface area contributed by atoms with Crippen molar-refractivity contribution in [2.75, 3.05) is 7.11 Å². The summed E-state index contributed by atoms with van der Waals surface area (Å²) in [6, 6.07) is 13.5. The zero-order chi connectivity index (χ0) is 20.2. The van der Waals surface area contributed by atoms with Crippen molar-refractivity contribution in [3.63, 3.8) is 0 Å². The molecule has 0 spiro atoms. The van der Waals surface area contributed by atoms with Gasteiger partial charge in [-0.15, -0.1) is 5.10 Å². The fraction of sp³-hybridized carbons (Fsp3) is 0.111. The van der Waals surface area contributed by atoms with Crippen molar-refractivity contribution in [3.05, 3.63) is 64.5 Å². The van der Waals surface area contributed by atoms with E-state index >= 15 is 0 Å². The molecule has 10 nitrogen and oxygen atoms in total. The van der Waals surface area contributed by atoms with Gasteiger partial charge in [-0.2, -0.15) is 4.98 Å². The molecule has 0 bridgehead atoms. The number of thioether (sulfide) groups is 1. The van der Waals surface area contributed by atoms with E-state index in [0.717, 1.165) is 11.3 Å². The smallest absolute Gasteiger partial charge is 0.270 e. The molecule has 0 atom stereocenters. The molecule has 0 aliphatic rings. The monoisotopic (exact) mass is 410 g/mol. The molecule has 2 aromatic heterocycles. The molecule has 11 heteroatoms. The predicted molar refractivity (Wildman–Crippen MR) is 104 cm³/mol. The highest BCUT2D eigenvalue weighted by Crippen LogP contribution is 2.25. The van der Waals surface area contributed by atoms with Gasteiger partial charge in [0, 0.05) is 23.3 Å². The van der Waals surface area contributed by atoms with Gasteiger partial charge < -0.3 is 9.26 Å². The first-order valence-electron chi connectivity index (χ1n) is 8.39.